The number of hydrogen-bond donors (Lipinski definition) is 2. The van der Waals surface area contributed by atoms with Gasteiger partial charge in [0, 0.05) is 18.5 Å². The summed E-state index contributed by atoms with van der Waals surface area (Å²) in [5.41, 5.74) is 11.4. The van der Waals surface area contributed by atoms with Crippen LogP contribution in [-0.4, -0.2) is 19.7 Å². The predicted octanol–water partition coefficient (Wildman–Crippen LogP) is 3.68. The molecule has 28 heavy (non-hydrogen) atoms. The number of nitrogens with one attached hydrogen (secondary N) is 1. The van der Waals surface area contributed by atoms with Crippen LogP contribution in [0, 0.1) is 0 Å². The van der Waals surface area contributed by atoms with Crippen molar-refractivity contribution in [2.45, 2.75) is 62.3 Å². The maximum absolute atomic E-state index is 12.3. The van der Waals surface area contributed by atoms with E-state index in [1.165, 1.54) is 16.7 Å². The van der Waals surface area contributed by atoms with Gasteiger partial charge in [-0.05, 0) is 54.4 Å². The van der Waals surface area contributed by atoms with Crippen LogP contribution < -0.4 is 10.5 Å². The van der Waals surface area contributed by atoms with Gasteiger partial charge in [0.1, 0.15) is 0 Å². The first-order valence-corrected chi connectivity index (χ1v) is 11.5. The van der Waals surface area contributed by atoms with Crippen molar-refractivity contribution in [3.8, 4) is 0 Å². The molecule has 2 atom stereocenters. The molecule has 0 bridgehead atoms. The maximum Gasteiger partial charge on any atom is 0.214 e. The molecule has 0 saturated heterocycles. The first-order chi connectivity index (χ1) is 13.0. The second-order valence-corrected chi connectivity index (χ2v) is 10.00. The molecule has 4 nitrogen and oxygen atoms in total. The lowest BCUT2D eigenvalue weighted by Crippen LogP contribution is -2.38. The largest absolute Gasteiger partial charge is 0.327 e. The highest BCUT2D eigenvalue weighted by Crippen LogP contribution is 2.34. The van der Waals surface area contributed by atoms with E-state index in [-0.39, 0.29) is 29.6 Å². The number of fused-ring (bicyclic) bond motifs is 1. The van der Waals surface area contributed by atoms with Crippen LogP contribution in [0.4, 0.5) is 0 Å². The lowest BCUT2D eigenvalue weighted by molar-refractivity contribution is 0.465. The fourth-order valence-corrected chi connectivity index (χ4v) is 5.75. The molecule has 152 valence electrons. The SMILES string of the molecule is Cl.NC1CCc2ccc(CNS(=O)(=O)C3CCC3)cc2C1Cc1ccccc1. The van der Waals surface area contributed by atoms with Crippen molar-refractivity contribution >= 4 is 22.4 Å². The lowest BCUT2D eigenvalue weighted by Gasteiger charge is -2.32. The number of sulfonamides is 1. The zero-order valence-electron chi connectivity index (χ0n) is 16.0. The molecule has 0 amide bonds. The fourth-order valence-electron chi connectivity index (χ4n) is 4.19. The Hall–Kier alpha value is -1.40. The van der Waals surface area contributed by atoms with Crippen LogP contribution in [0.15, 0.2) is 48.5 Å². The van der Waals surface area contributed by atoms with E-state index in [0.717, 1.165) is 44.1 Å². The van der Waals surface area contributed by atoms with Gasteiger partial charge in [0.2, 0.25) is 10.0 Å². The van der Waals surface area contributed by atoms with E-state index >= 15 is 0 Å². The monoisotopic (exact) mass is 420 g/mol. The standard InChI is InChI=1S/C22H28N2O2S.ClH/c23-22-12-11-18-10-9-17(15-24-27(25,26)19-7-4-8-19)14-20(18)21(22)13-16-5-2-1-3-6-16;/h1-3,5-6,9-10,14,19,21-22,24H,4,7-8,11-13,15,23H2;1H. The van der Waals surface area contributed by atoms with E-state index in [1.54, 1.807) is 0 Å². The fraction of sp³-hybridized carbons (Fsp3) is 0.455. The van der Waals surface area contributed by atoms with Crippen LogP contribution in [0.3, 0.4) is 0 Å². The Morgan fingerprint density at radius 1 is 1.00 bits per heavy atom. The van der Waals surface area contributed by atoms with Crippen LogP contribution in [-0.2, 0) is 29.4 Å². The minimum Gasteiger partial charge on any atom is -0.327 e. The molecule has 2 aromatic rings. The Morgan fingerprint density at radius 2 is 1.75 bits per heavy atom. The molecule has 4 rings (SSSR count). The van der Waals surface area contributed by atoms with E-state index in [9.17, 15) is 8.42 Å². The zero-order chi connectivity index (χ0) is 18.9. The first kappa shape index (κ1) is 21.3. The summed E-state index contributed by atoms with van der Waals surface area (Å²) in [6.07, 6.45) is 5.50. The van der Waals surface area contributed by atoms with Gasteiger partial charge in [-0.1, -0.05) is 55.0 Å². The smallest absolute Gasteiger partial charge is 0.214 e. The van der Waals surface area contributed by atoms with Crippen molar-refractivity contribution in [1.29, 1.82) is 0 Å². The predicted molar refractivity (Wildman–Crippen MR) is 116 cm³/mol. The van der Waals surface area contributed by atoms with Crippen molar-refractivity contribution in [2.24, 2.45) is 5.73 Å². The average molecular weight is 421 g/mol. The quantitative estimate of drug-likeness (QED) is 0.748. The van der Waals surface area contributed by atoms with E-state index in [1.807, 2.05) is 6.07 Å². The van der Waals surface area contributed by atoms with Crippen molar-refractivity contribution in [1.82, 2.24) is 4.72 Å². The molecule has 0 heterocycles. The third-order valence-corrected chi connectivity index (χ3v) is 8.04. The molecule has 2 unspecified atom stereocenters. The second-order valence-electron chi connectivity index (χ2n) is 7.95. The Balaban J connectivity index is 0.00000225. The number of aryl methyl sites for hydroxylation is 1. The van der Waals surface area contributed by atoms with Crippen LogP contribution in [0.1, 0.15) is 53.9 Å². The van der Waals surface area contributed by atoms with Gasteiger partial charge in [0.15, 0.2) is 0 Å². The van der Waals surface area contributed by atoms with E-state index in [4.69, 9.17) is 5.73 Å². The third-order valence-electron chi connectivity index (χ3n) is 6.14. The number of rotatable bonds is 6. The van der Waals surface area contributed by atoms with E-state index in [2.05, 4.69) is 47.2 Å². The highest BCUT2D eigenvalue weighted by molar-refractivity contribution is 7.90. The van der Waals surface area contributed by atoms with Gasteiger partial charge in [-0.2, -0.15) is 0 Å². The zero-order valence-corrected chi connectivity index (χ0v) is 17.6. The molecule has 1 fully saturated rings. The highest BCUT2D eigenvalue weighted by atomic mass is 35.5. The summed E-state index contributed by atoms with van der Waals surface area (Å²) in [4.78, 5) is 0. The van der Waals surface area contributed by atoms with E-state index in [0.29, 0.717) is 6.54 Å². The minimum absolute atomic E-state index is 0. The second kappa shape index (κ2) is 8.95. The molecule has 6 heteroatoms. The summed E-state index contributed by atoms with van der Waals surface area (Å²) in [7, 11) is -3.19. The molecule has 0 spiro atoms. The summed E-state index contributed by atoms with van der Waals surface area (Å²) < 4.78 is 27.4. The van der Waals surface area contributed by atoms with Crippen molar-refractivity contribution in [2.75, 3.05) is 0 Å². The van der Waals surface area contributed by atoms with E-state index < -0.39 is 10.0 Å². The average Bonchev–Trinajstić information content (AvgIpc) is 2.61. The van der Waals surface area contributed by atoms with Crippen LogP contribution in [0.5, 0.6) is 0 Å². The number of hydrogen-bond acceptors (Lipinski definition) is 3. The lowest BCUT2D eigenvalue weighted by atomic mass is 9.76. The van der Waals surface area contributed by atoms with Crippen molar-refractivity contribution in [3.05, 3.63) is 70.8 Å². The van der Waals surface area contributed by atoms with Gasteiger partial charge in [-0.15, -0.1) is 12.4 Å². The summed E-state index contributed by atoms with van der Waals surface area (Å²) in [5, 5.41) is -0.200. The van der Waals surface area contributed by atoms with Crippen LogP contribution >= 0.6 is 12.4 Å². The minimum atomic E-state index is -3.19. The Bertz CT molecular complexity index is 898. The summed E-state index contributed by atoms with van der Waals surface area (Å²) in [6.45, 7) is 0.361. The van der Waals surface area contributed by atoms with Crippen LogP contribution in [0.2, 0.25) is 0 Å². The molecule has 2 aliphatic rings. The maximum atomic E-state index is 12.3. The Morgan fingerprint density at radius 3 is 2.43 bits per heavy atom. The summed E-state index contributed by atoms with van der Waals surface area (Å²) >= 11 is 0. The Kier molecular flexibility index (Phi) is 6.81. The molecule has 3 N–H and O–H groups in total. The third kappa shape index (κ3) is 4.60. The van der Waals surface area contributed by atoms with Crippen LogP contribution in [0.25, 0.3) is 0 Å². The Labute approximate surface area is 174 Å². The van der Waals surface area contributed by atoms with Crippen molar-refractivity contribution < 1.29 is 8.42 Å². The normalized spacial score (nSPS) is 22.0. The van der Waals surface area contributed by atoms with Gasteiger partial charge in [-0.3, -0.25) is 0 Å². The van der Waals surface area contributed by atoms with Gasteiger partial charge in [0.25, 0.3) is 0 Å². The van der Waals surface area contributed by atoms with Gasteiger partial charge < -0.3 is 5.73 Å². The molecular weight excluding hydrogens is 392 g/mol. The molecule has 0 radical (unpaired) electrons. The molecule has 2 aromatic carbocycles. The number of halogens is 1. The van der Waals surface area contributed by atoms with Crippen molar-refractivity contribution in [3.63, 3.8) is 0 Å². The molecule has 0 aromatic heterocycles. The molecular formula is C22H29ClN2O2S. The van der Waals surface area contributed by atoms with Gasteiger partial charge in [0.05, 0.1) is 5.25 Å². The summed E-state index contributed by atoms with van der Waals surface area (Å²) in [5.74, 6) is 0.277. The number of nitrogens with two attached hydrogens (primary N) is 1. The number of benzene rings is 2. The molecule has 1 saturated carbocycles. The van der Waals surface area contributed by atoms with Gasteiger partial charge >= 0.3 is 0 Å². The first-order valence-electron chi connectivity index (χ1n) is 9.92. The molecule has 2 aliphatic carbocycles. The van der Waals surface area contributed by atoms with Gasteiger partial charge in [-0.25, -0.2) is 13.1 Å². The summed E-state index contributed by atoms with van der Waals surface area (Å²) in [6, 6.07) is 17.0. The highest BCUT2D eigenvalue weighted by Gasteiger charge is 2.31. The molecule has 0 aliphatic heterocycles. The topological polar surface area (TPSA) is 72.2 Å².